The number of esters is 1. The van der Waals surface area contributed by atoms with Crippen LogP contribution in [0.15, 0.2) is 84.9 Å². The number of hydrogen-bond donors (Lipinski definition) is 2. The lowest BCUT2D eigenvalue weighted by Gasteiger charge is -2.08. The molecule has 0 spiro atoms. The van der Waals surface area contributed by atoms with E-state index in [1.54, 1.807) is 12.1 Å². The van der Waals surface area contributed by atoms with Crippen molar-refractivity contribution >= 4 is 23.5 Å². The average molecular weight is 402 g/mol. The van der Waals surface area contributed by atoms with Gasteiger partial charge in [-0.15, -0.1) is 0 Å². The molecule has 30 heavy (non-hydrogen) atoms. The molecule has 0 fully saturated rings. The number of rotatable bonds is 8. The molecule has 6 nitrogen and oxygen atoms in total. The summed E-state index contributed by atoms with van der Waals surface area (Å²) in [7, 11) is 0. The number of amides is 2. The van der Waals surface area contributed by atoms with Crippen molar-refractivity contribution in [2.45, 2.75) is 6.42 Å². The van der Waals surface area contributed by atoms with E-state index in [1.165, 1.54) is 0 Å². The van der Waals surface area contributed by atoms with Gasteiger partial charge in [0.15, 0.2) is 6.61 Å². The maximum absolute atomic E-state index is 12.0. The normalized spacial score (nSPS) is 10.1. The maximum atomic E-state index is 12.0. The summed E-state index contributed by atoms with van der Waals surface area (Å²) in [5, 5.41) is 5.15. The fourth-order valence-corrected chi connectivity index (χ4v) is 2.79. The number of anilines is 1. The summed E-state index contributed by atoms with van der Waals surface area (Å²) in [4.78, 5) is 35.5. The Hall–Kier alpha value is -3.93. The highest BCUT2D eigenvalue weighted by Crippen LogP contribution is 2.20. The predicted octanol–water partition coefficient (Wildman–Crippen LogP) is 3.19. The first-order chi connectivity index (χ1) is 14.6. The molecule has 0 unspecified atom stereocenters. The van der Waals surface area contributed by atoms with E-state index in [-0.39, 0.29) is 18.9 Å². The van der Waals surface area contributed by atoms with E-state index in [0.29, 0.717) is 5.69 Å². The molecule has 0 aliphatic heterocycles. The van der Waals surface area contributed by atoms with Gasteiger partial charge in [-0.05, 0) is 28.8 Å². The van der Waals surface area contributed by atoms with E-state index < -0.39 is 18.5 Å². The number of ether oxygens (including phenoxy) is 1. The van der Waals surface area contributed by atoms with Crippen LogP contribution in [0.3, 0.4) is 0 Å². The van der Waals surface area contributed by atoms with Crippen molar-refractivity contribution in [1.29, 1.82) is 0 Å². The van der Waals surface area contributed by atoms with E-state index in [1.807, 2.05) is 72.8 Å². The van der Waals surface area contributed by atoms with Crippen molar-refractivity contribution in [1.82, 2.24) is 5.32 Å². The zero-order valence-electron chi connectivity index (χ0n) is 16.3. The van der Waals surface area contributed by atoms with Gasteiger partial charge in [0.25, 0.3) is 5.91 Å². The smallest absolute Gasteiger partial charge is 0.325 e. The Balaban J connectivity index is 1.37. The quantitative estimate of drug-likeness (QED) is 0.567. The highest BCUT2D eigenvalue weighted by atomic mass is 16.5. The molecule has 0 aliphatic rings. The standard InChI is InChI=1S/C24H22N2O4/c27-22(15-18-7-3-1-4-8-18)25-16-24(29)30-17-23(28)26-21-13-11-20(12-14-21)19-9-5-2-6-10-19/h1-14H,15-17H2,(H,25,27)(H,26,28). The Kier molecular flexibility index (Phi) is 7.33. The zero-order chi connectivity index (χ0) is 21.2. The van der Waals surface area contributed by atoms with Gasteiger partial charge in [0.2, 0.25) is 5.91 Å². The summed E-state index contributed by atoms with van der Waals surface area (Å²) >= 11 is 0. The molecule has 0 atom stereocenters. The van der Waals surface area contributed by atoms with E-state index in [9.17, 15) is 14.4 Å². The van der Waals surface area contributed by atoms with Gasteiger partial charge in [-0.1, -0.05) is 72.8 Å². The molecule has 3 aromatic rings. The summed E-state index contributed by atoms with van der Waals surface area (Å²) in [5.41, 5.74) is 3.57. The van der Waals surface area contributed by atoms with Crippen molar-refractivity contribution in [3.8, 4) is 11.1 Å². The summed E-state index contributed by atoms with van der Waals surface area (Å²) in [5.74, 6) is -1.42. The van der Waals surface area contributed by atoms with Crippen LogP contribution >= 0.6 is 0 Å². The van der Waals surface area contributed by atoms with Crippen molar-refractivity contribution in [2.75, 3.05) is 18.5 Å². The number of hydrogen-bond acceptors (Lipinski definition) is 4. The fourth-order valence-electron chi connectivity index (χ4n) is 2.79. The van der Waals surface area contributed by atoms with E-state index in [2.05, 4.69) is 10.6 Å². The lowest BCUT2D eigenvalue weighted by Crippen LogP contribution is -2.33. The molecule has 3 aromatic carbocycles. The minimum Gasteiger partial charge on any atom is -0.454 e. The van der Waals surface area contributed by atoms with Gasteiger partial charge < -0.3 is 15.4 Å². The lowest BCUT2D eigenvalue weighted by atomic mass is 10.1. The molecule has 0 aromatic heterocycles. The summed E-state index contributed by atoms with van der Waals surface area (Å²) in [6.07, 6.45) is 0.174. The molecule has 152 valence electrons. The summed E-state index contributed by atoms with van der Waals surface area (Å²) < 4.78 is 4.90. The molecular weight excluding hydrogens is 380 g/mol. The van der Waals surface area contributed by atoms with E-state index >= 15 is 0 Å². The third kappa shape index (κ3) is 6.60. The van der Waals surface area contributed by atoms with Crippen LogP contribution in [0.2, 0.25) is 0 Å². The van der Waals surface area contributed by atoms with Gasteiger partial charge in [-0.2, -0.15) is 0 Å². The second-order valence-electron chi connectivity index (χ2n) is 6.59. The van der Waals surface area contributed by atoms with Gasteiger partial charge in [0.1, 0.15) is 6.54 Å². The first-order valence-electron chi connectivity index (χ1n) is 9.52. The third-order valence-electron chi connectivity index (χ3n) is 4.28. The van der Waals surface area contributed by atoms with Gasteiger partial charge >= 0.3 is 5.97 Å². The zero-order valence-corrected chi connectivity index (χ0v) is 16.3. The Morgan fingerprint density at radius 3 is 1.97 bits per heavy atom. The van der Waals surface area contributed by atoms with Crippen LogP contribution in [0.1, 0.15) is 5.56 Å². The lowest BCUT2D eigenvalue weighted by molar-refractivity contribution is -0.147. The molecule has 0 saturated carbocycles. The maximum Gasteiger partial charge on any atom is 0.325 e. The predicted molar refractivity (Wildman–Crippen MR) is 115 cm³/mol. The number of carbonyl (C=O) groups is 3. The molecule has 0 aliphatic carbocycles. The van der Waals surface area contributed by atoms with Crippen LogP contribution in [0, 0.1) is 0 Å². The van der Waals surface area contributed by atoms with E-state index in [4.69, 9.17) is 4.74 Å². The molecule has 0 bridgehead atoms. The molecule has 2 N–H and O–H groups in total. The van der Waals surface area contributed by atoms with E-state index in [0.717, 1.165) is 16.7 Å². The third-order valence-corrected chi connectivity index (χ3v) is 4.28. The fraction of sp³-hybridized carbons (Fsp3) is 0.125. The molecule has 2 amide bonds. The van der Waals surface area contributed by atoms with Crippen LogP contribution in [-0.4, -0.2) is 30.9 Å². The van der Waals surface area contributed by atoms with Crippen molar-refractivity contribution in [3.05, 3.63) is 90.5 Å². The number of carbonyl (C=O) groups excluding carboxylic acids is 3. The van der Waals surface area contributed by atoms with Crippen molar-refractivity contribution in [2.24, 2.45) is 0 Å². The molecule has 0 heterocycles. The Morgan fingerprint density at radius 1 is 0.700 bits per heavy atom. The molecule has 3 rings (SSSR count). The van der Waals surface area contributed by atoms with Crippen molar-refractivity contribution < 1.29 is 19.1 Å². The second-order valence-corrected chi connectivity index (χ2v) is 6.59. The highest BCUT2D eigenvalue weighted by molar-refractivity contribution is 5.93. The number of nitrogens with one attached hydrogen (secondary N) is 2. The number of benzene rings is 3. The first-order valence-corrected chi connectivity index (χ1v) is 9.52. The highest BCUT2D eigenvalue weighted by Gasteiger charge is 2.10. The Bertz CT molecular complexity index is 987. The minimum atomic E-state index is -0.675. The van der Waals surface area contributed by atoms with Gasteiger partial charge in [-0.3, -0.25) is 14.4 Å². The second kappa shape index (κ2) is 10.6. The van der Waals surface area contributed by atoms with Gasteiger partial charge in [0.05, 0.1) is 6.42 Å². The molecule has 6 heteroatoms. The average Bonchev–Trinajstić information content (AvgIpc) is 2.78. The largest absolute Gasteiger partial charge is 0.454 e. The molecular formula is C24H22N2O4. The topological polar surface area (TPSA) is 84.5 Å². The molecule has 0 saturated heterocycles. The van der Waals surface area contributed by atoms with Crippen molar-refractivity contribution in [3.63, 3.8) is 0 Å². The van der Waals surface area contributed by atoms with Crippen LogP contribution < -0.4 is 10.6 Å². The molecule has 0 radical (unpaired) electrons. The first kappa shape index (κ1) is 20.8. The summed E-state index contributed by atoms with van der Waals surface area (Å²) in [6, 6.07) is 26.5. The Labute approximate surface area is 174 Å². The Morgan fingerprint density at radius 2 is 1.30 bits per heavy atom. The van der Waals surface area contributed by atoms with Crippen LogP contribution in [0.5, 0.6) is 0 Å². The minimum absolute atomic E-state index is 0.174. The SMILES string of the molecule is O=C(Cc1ccccc1)NCC(=O)OCC(=O)Nc1ccc(-c2ccccc2)cc1. The van der Waals surface area contributed by atoms with Crippen LogP contribution in [0.25, 0.3) is 11.1 Å². The van der Waals surface area contributed by atoms with Crippen LogP contribution in [-0.2, 0) is 25.5 Å². The monoisotopic (exact) mass is 402 g/mol. The van der Waals surface area contributed by atoms with Gasteiger partial charge in [0, 0.05) is 5.69 Å². The summed E-state index contributed by atoms with van der Waals surface area (Å²) in [6.45, 7) is -0.710. The van der Waals surface area contributed by atoms with Gasteiger partial charge in [-0.25, -0.2) is 0 Å². The van der Waals surface area contributed by atoms with Crippen LogP contribution in [0.4, 0.5) is 5.69 Å².